The van der Waals surface area contributed by atoms with Crippen molar-refractivity contribution < 1.29 is 0 Å². The Morgan fingerprint density at radius 3 is 2.94 bits per heavy atom. The summed E-state index contributed by atoms with van der Waals surface area (Å²) in [5.74, 6) is 0. The third-order valence-electron chi connectivity index (χ3n) is 2.38. The molecule has 0 saturated heterocycles. The van der Waals surface area contributed by atoms with Gasteiger partial charge >= 0.3 is 0 Å². The topological polar surface area (TPSA) is 56.7 Å². The van der Waals surface area contributed by atoms with Crippen LogP contribution in [-0.4, -0.2) is 20.0 Å². The van der Waals surface area contributed by atoms with Gasteiger partial charge in [-0.25, -0.2) is 4.68 Å². The average molecular weight is 267 g/mol. The van der Waals surface area contributed by atoms with E-state index in [4.69, 9.17) is 29.6 Å². The van der Waals surface area contributed by atoms with Crippen LogP contribution in [0.4, 0.5) is 0 Å². The van der Waals surface area contributed by atoms with Gasteiger partial charge in [0.15, 0.2) is 0 Å². The smallest absolute Gasteiger partial charge is 0.0946 e. The maximum absolute atomic E-state index is 5.99. The predicted octanol–water partition coefficient (Wildman–Crippen LogP) is 2.19. The van der Waals surface area contributed by atoms with Crippen molar-refractivity contribution in [3.05, 3.63) is 35.0 Å². The lowest BCUT2D eigenvalue weighted by Gasteiger charge is -2.06. The van der Waals surface area contributed by atoms with E-state index in [0.29, 0.717) is 11.5 Å². The zero-order valence-corrected chi connectivity index (χ0v) is 10.8. The van der Waals surface area contributed by atoms with Gasteiger partial charge in [-0.15, -0.1) is 5.10 Å². The minimum atomic E-state index is 0.377. The second kappa shape index (κ2) is 4.81. The quantitative estimate of drug-likeness (QED) is 0.866. The Kier molecular flexibility index (Phi) is 3.40. The summed E-state index contributed by atoms with van der Waals surface area (Å²) in [6.45, 7) is 2.33. The summed E-state index contributed by atoms with van der Waals surface area (Å²) in [7, 11) is 0. The predicted molar refractivity (Wildman–Crippen MR) is 72.0 cm³/mol. The lowest BCUT2D eigenvalue weighted by atomic mass is 10.1. The molecule has 0 aliphatic carbocycles. The van der Waals surface area contributed by atoms with E-state index in [1.165, 1.54) is 0 Å². The van der Waals surface area contributed by atoms with E-state index in [2.05, 4.69) is 10.3 Å². The molecule has 2 aromatic rings. The maximum Gasteiger partial charge on any atom is 0.0946 e. The number of hydrogen-bond acceptors (Lipinski definition) is 3. The molecular weight excluding hydrogens is 256 g/mol. The van der Waals surface area contributed by atoms with Crippen LogP contribution in [-0.2, 0) is 6.54 Å². The Morgan fingerprint density at radius 1 is 1.53 bits per heavy atom. The minimum absolute atomic E-state index is 0.377. The number of nitrogens with two attached hydrogens (primary N) is 1. The average Bonchev–Trinajstić information content (AvgIpc) is 2.69. The monoisotopic (exact) mass is 266 g/mol. The fraction of sp³-hybridized carbons (Fsp3) is 0.182. The summed E-state index contributed by atoms with van der Waals surface area (Å²) >= 11 is 10.9. The van der Waals surface area contributed by atoms with Crippen LogP contribution < -0.4 is 5.73 Å². The molecule has 1 aromatic heterocycles. The molecule has 4 nitrogen and oxygen atoms in total. The Morgan fingerprint density at radius 2 is 2.29 bits per heavy atom. The van der Waals surface area contributed by atoms with Crippen LogP contribution in [0.5, 0.6) is 0 Å². The van der Waals surface area contributed by atoms with Crippen molar-refractivity contribution >= 4 is 28.8 Å². The Labute approximate surface area is 109 Å². The van der Waals surface area contributed by atoms with Gasteiger partial charge in [-0.2, -0.15) is 0 Å². The number of thiocarbonyl (C=S) groups is 1. The lowest BCUT2D eigenvalue weighted by molar-refractivity contribution is 0.687. The third-order valence-corrected chi connectivity index (χ3v) is 2.93. The SMILES string of the molecule is Cc1cc(-c2cnnn2CC(N)=S)ccc1Cl. The van der Waals surface area contributed by atoms with Crippen LogP contribution >= 0.6 is 23.8 Å². The maximum atomic E-state index is 5.99. The molecule has 0 aliphatic heterocycles. The Bertz CT molecular complexity index is 564. The molecule has 2 rings (SSSR count). The molecule has 2 N–H and O–H groups in total. The fourth-order valence-corrected chi connectivity index (χ4v) is 1.79. The number of rotatable bonds is 3. The first-order valence-corrected chi connectivity index (χ1v) is 5.80. The summed E-state index contributed by atoms with van der Waals surface area (Å²) in [6, 6.07) is 5.76. The van der Waals surface area contributed by atoms with E-state index in [1.54, 1.807) is 10.9 Å². The van der Waals surface area contributed by atoms with Gasteiger partial charge in [0, 0.05) is 10.6 Å². The van der Waals surface area contributed by atoms with Gasteiger partial charge in [0.1, 0.15) is 0 Å². The molecule has 1 aromatic carbocycles. The molecule has 0 radical (unpaired) electrons. The van der Waals surface area contributed by atoms with Crippen molar-refractivity contribution in [3.8, 4) is 11.3 Å². The van der Waals surface area contributed by atoms with Crippen molar-refractivity contribution in [2.24, 2.45) is 5.73 Å². The summed E-state index contributed by atoms with van der Waals surface area (Å²) in [5, 5.41) is 8.56. The zero-order chi connectivity index (χ0) is 12.4. The number of aryl methyl sites for hydroxylation is 1. The van der Waals surface area contributed by atoms with Gasteiger partial charge in [-0.1, -0.05) is 35.1 Å². The van der Waals surface area contributed by atoms with Crippen LogP contribution in [0.15, 0.2) is 24.4 Å². The highest BCUT2D eigenvalue weighted by atomic mass is 35.5. The second-order valence-electron chi connectivity index (χ2n) is 3.71. The van der Waals surface area contributed by atoms with Crippen molar-refractivity contribution in [1.82, 2.24) is 15.0 Å². The number of nitrogens with zero attached hydrogens (tertiary/aromatic N) is 3. The van der Waals surface area contributed by atoms with Crippen LogP contribution in [0.2, 0.25) is 5.02 Å². The molecule has 0 fully saturated rings. The molecule has 88 valence electrons. The van der Waals surface area contributed by atoms with E-state index < -0.39 is 0 Å². The van der Waals surface area contributed by atoms with Crippen LogP contribution in [0.1, 0.15) is 5.56 Å². The van der Waals surface area contributed by atoms with E-state index >= 15 is 0 Å². The first kappa shape index (κ1) is 12.0. The van der Waals surface area contributed by atoms with Crippen LogP contribution in [0, 0.1) is 6.92 Å². The van der Waals surface area contributed by atoms with E-state index in [-0.39, 0.29) is 0 Å². The molecule has 0 unspecified atom stereocenters. The molecule has 0 bridgehead atoms. The van der Waals surface area contributed by atoms with Gasteiger partial charge in [0.25, 0.3) is 0 Å². The zero-order valence-electron chi connectivity index (χ0n) is 9.22. The van der Waals surface area contributed by atoms with Crippen molar-refractivity contribution in [2.45, 2.75) is 13.5 Å². The normalized spacial score (nSPS) is 10.5. The Balaban J connectivity index is 2.42. The third kappa shape index (κ3) is 2.62. The summed E-state index contributed by atoms with van der Waals surface area (Å²) in [6.07, 6.45) is 1.68. The molecular formula is C11H11ClN4S. The van der Waals surface area contributed by atoms with E-state index in [0.717, 1.165) is 21.8 Å². The van der Waals surface area contributed by atoms with Crippen LogP contribution in [0.3, 0.4) is 0 Å². The van der Waals surface area contributed by atoms with Gasteiger partial charge in [0.2, 0.25) is 0 Å². The van der Waals surface area contributed by atoms with E-state index in [9.17, 15) is 0 Å². The highest BCUT2D eigenvalue weighted by molar-refractivity contribution is 7.80. The molecule has 1 heterocycles. The van der Waals surface area contributed by atoms with Gasteiger partial charge in [-0.3, -0.25) is 0 Å². The highest BCUT2D eigenvalue weighted by Crippen LogP contribution is 2.23. The summed E-state index contributed by atoms with van der Waals surface area (Å²) in [4.78, 5) is 0.377. The first-order valence-electron chi connectivity index (χ1n) is 5.01. The minimum Gasteiger partial charge on any atom is -0.392 e. The van der Waals surface area contributed by atoms with Gasteiger partial charge in [-0.05, 0) is 24.6 Å². The second-order valence-corrected chi connectivity index (χ2v) is 4.64. The van der Waals surface area contributed by atoms with Gasteiger partial charge in [0.05, 0.1) is 23.4 Å². The van der Waals surface area contributed by atoms with Crippen molar-refractivity contribution in [1.29, 1.82) is 0 Å². The van der Waals surface area contributed by atoms with Crippen molar-refractivity contribution in [3.63, 3.8) is 0 Å². The molecule has 0 aliphatic rings. The molecule has 17 heavy (non-hydrogen) atoms. The standard InChI is InChI=1S/C11H11ClN4S/c1-7-4-8(2-3-9(7)12)10-5-14-15-16(10)6-11(13)17/h2-5H,6H2,1H3,(H2,13,17). The molecule has 0 saturated carbocycles. The molecule has 0 amide bonds. The Hall–Kier alpha value is -1.46. The van der Waals surface area contributed by atoms with Gasteiger partial charge < -0.3 is 5.73 Å². The molecule has 0 atom stereocenters. The number of benzene rings is 1. The molecule has 6 heteroatoms. The largest absolute Gasteiger partial charge is 0.392 e. The van der Waals surface area contributed by atoms with E-state index in [1.807, 2.05) is 25.1 Å². The highest BCUT2D eigenvalue weighted by Gasteiger charge is 2.08. The first-order chi connectivity index (χ1) is 8.08. The molecule has 0 spiro atoms. The number of aromatic nitrogens is 3. The fourth-order valence-electron chi connectivity index (χ4n) is 1.55. The van der Waals surface area contributed by atoms with Crippen molar-refractivity contribution in [2.75, 3.05) is 0 Å². The number of hydrogen-bond donors (Lipinski definition) is 1. The lowest BCUT2D eigenvalue weighted by Crippen LogP contribution is -2.18. The summed E-state index contributed by atoms with van der Waals surface area (Å²) in [5.41, 5.74) is 8.38. The summed E-state index contributed by atoms with van der Waals surface area (Å²) < 4.78 is 1.67. The van der Waals surface area contributed by atoms with Crippen LogP contribution in [0.25, 0.3) is 11.3 Å². The number of halogens is 1.